The molecule has 2 unspecified atom stereocenters. The molecule has 17 heavy (non-hydrogen) atoms. The number of benzene rings is 1. The number of rotatable bonds is 4. The maximum absolute atomic E-state index is 11.6. The molecule has 0 aromatic heterocycles. The molecule has 3 heteroatoms. The summed E-state index contributed by atoms with van der Waals surface area (Å²) in [5.41, 5.74) is 0. The Balaban J connectivity index is 1.71. The molecule has 0 bridgehead atoms. The van der Waals surface area contributed by atoms with Gasteiger partial charge in [-0.1, -0.05) is 25.1 Å². The zero-order valence-corrected chi connectivity index (χ0v) is 10.2. The van der Waals surface area contributed by atoms with Crippen molar-refractivity contribution in [1.82, 2.24) is 5.32 Å². The SMILES string of the molecule is CC1CCC(NC(=O)COc2ccccc2)C1. The van der Waals surface area contributed by atoms with Crippen molar-refractivity contribution >= 4 is 5.91 Å². The van der Waals surface area contributed by atoms with Gasteiger partial charge >= 0.3 is 0 Å². The molecule has 1 aliphatic rings. The minimum atomic E-state index is -0.0204. The summed E-state index contributed by atoms with van der Waals surface area (Å²) in [6, 6.07) is 9.76. The fourth-order valence-electron chi connectivity index (χ4n) is 2.27. The fourth-order valence-corrected chi connectivity index (χ4v) is 2.27. The molecule has 1 aliphatic carbocycles. The summed E-state index contributed by atoms with van der Waals surface area (Å²) < 4.78 is 5.39. The lowest BCUT2D eigenvalue weighted by Crippen LogP contribution is -2.36. The molecule has 3 nitrogen and oxygen atoms in total. The second-order valence-electron chi connectivity index (χ2n) is 4.78. The van der Waals surface area contributed by atoms with E-state index in [1.807, 2.05) is 30.3 Å². The van der Waals surface area contributed by atoms with E-state index in [2.05, 4.69) is 12.2 Å². The van der Waals surface area contributed by atoms with Gasteiger partial charge in [0, 0.05) is 6.04 Å². The van der Waals surface area contributed by atoms with Crippen LogP contribution in [-0.2, 0) is 4.79 Å². The molecule has 1 aromatic carbocycles. The van der Waals surface area contributed by atoms with Crippen molar-refractivity contribution in [2.75, 3.05) is 6.61 Å². The van der Waals surface area contributed by atoms with Gasteiger partial charge in [0.1, 0.15) is 5.75 Å². The monoisotopic (exact) mass is 233 g/mol. The van der Waals surface area contributed by atoms with E-state index < -0.39 is 0 Å². The summed E-state index contributed by atoms with van der Waals surface area (Å²) in [6.45, 7) is 2.33. The van der Waals surface area contributed by atoms with Crippen molar-refractivity contribution in [2.45, 2.75) is 32.2 Å². The van der Waals surface area contributed by atoms with E-state index in [0.29, 0.717) is 6.04 Å². The van der Waals surface area contributed by atoms with Gasteiger partial charge in [0.05, 0.1) is 0 Å². The smallest absolute Gasteiger partial charge is 0.258 e. The minimum absolute atomic E-state index is 0.0204. The van der Waals surface area contributed by atoms with Crippen molar-refractivity contribution < 1.29 is 9.53 Å². The predicted molar refractivity (Wildman–Crippen MR) is 66.9 cm³/mol. The van der Waals surface area contributed by atoms with Gasteiger partial charge in [0.2, 0.25) is 0 Å². The van der Waals surface area contributed by atoms with Gasteiger partial charge in [-0.05, 0) is 37.3 Å². The van der Waals surface area contributed by atoms with Gasteiger partial charge in [-0.25, -0.2) is 0 Å². The maximum Gasteiger partial charge on any atom is 0.258 e. The van der Waals surface area contributed by atoms with Gasteiger partial charge in [0.25, 0.3) is 5.91 Å². The van der Waals surface area contributed by atoms with Crippen LogP contribution >= 0.6 is 0 Å². The molecule has 92 valence electrons. The van der Waals surface area contributed by atoms with Crippen LogP contribution in [0.2, 0.25) is 0 Å². The van der Waals surface area contributed by atoms with Gasteiger partial charge in [-0.3, -0.25) is 4.79 Å². The molecular formula is C14H19NO2. The van der Waals surface area contributed by atoms with Crippen LogP contribution in [0.15, 0.2) is 30.3 Å². The van der Waals surface area contributed by atoms with E-state index in [0.717, 1.165) is 24.5 Å². The number of carbonyl (C=O) groups excluding carboxylic acids is 1. The van der Waals surface area contributed by atoms with Crippen molar-refractivity contribution in [1.29, 1.82) is 0 Å². The molecule has 1 saturated carbocycles. The molecule has 1 amide bonds. The number of carbonyl (C=O) groups is 1. The molecule has 0 heterocycles. The number of amides is 1. The first kappa shape index (κ1) is 12.0. The Labute approximate surface area is 102 Å². The quantitative estimate of drug-likeness (QED) is 0.867. The minimum Gasteiger partial charge on any atom is -0.484 e. The Morgan fingerprint density at radius 1 is 1.35 bits per heavy atom. The summed E-state index contributed by atoms with van der Waals surface area (Å²) in [5.74, 6) is 1.45. The zero-order valence-electron chi connectivity index (χ0n) is 10.2. The van der Waals surface area contributed by atoms with Crippen LogP contribution in [0.5, 0.6) is 5.75 Å². The third kappa shape index (κ3) is 3.77. The molecule has 0 saturated heterocycles. The third-order valence-corrected chi connectivity index (χ3v) is 3.17. The number of para-hydroxylation sites is 1. The van der Waals surface area contributed by atoms with Crippen LogP contribution in [0.3, 0.4) is 0 Å². The highest BCUT2D eigenvalue weighted by Gasteiger charge is 2.22. The second-order valence-corrected chi connectivity index (χ2v) is 4.78. The van der Waals surface area contributed by atoms with Crippen molar-refractivity contribution in [2.24, 2.45) is 5.92 Å². The van der Waals surface area contributed by atoms with E-state index in [9.17, 15) is 4.79 Å². The van der Waals surface area contributed by atoms with Gasteiger partial charge < -0.3 is 10.1 Å². The van der Waals surface area contributed by atoms with E-state index in [1.54, 1.807) is 0 Å². The van der Waals surface area contributed by atoms with Crippen molar-refractivity contribution in [3.8, 4) is 5.75 Å². The lowest BCUT2D eigenvalue weighted by Gasteiger charge is -2.12. The largest absolute Gasteiger partial charge is 0.484 e. The first-order valence-electron chi connectivity index (χ1n) is 6.21. The average molecular weight is 233 g/mol. The Morgan fingerprint density at radius 2 is 2.12 bits per heavy atom. The van der Waals surface area contributed by atoms with Crippen molar-refractivity contribution in [3.05, 3.63) is 30.3 Å². The molecule has 1 aromatic rings. The van der Waals surface area contributed by atoms with Gasteiger partial charge in [0.15, 0.2) is 6.61 Å². The van der Waals surface area contributed by atoms with Gasteiger partial charge in [-0.2, -0.15) is 0 Å². The summed E-state index contributed by atoms with van der Waals surface area (Å²) >= 11 is 0. The highest BCUT2D eigenvalue weighted by Crippen LogP contribution is 2.24. The van der Waals surface area contributed by atoms with Gasteiger partial charge in [-0.15, -0.1) is 0 Å². The predicted octanol–water partition coefficient (Wildman–Crippen LogP) is 2.37. The lowest BCUT2D eigenvalue weighted by atomic mass is 10.1. The summed E-state index contributed by atoms with van der Waals surface area (Å²) in [7, 11) is 0. The standard InChI is InChI=1S/C14H19NO2/c1-11-7-8-12(9-11)15-14(16)10-17-13-5-3-2-4-6-13/h2-6,11-12H,7-10H2,1H3,(H,15,16). The number of nitrogens with one attached hydrogen (secondary N) is 1. The number of hydrogen-bond donors (Lipinski definition) is 1. The van der Waals surface area contributed by atoms with E-state index in [-0.39, 0.29) is 12.5 Å². The number of hydrogen-bond acceptors (Lipinski definition) is 2. The Morgan fingerprint density at radius 3 is 2.76 bits per heavy atom. The lowest BCUT2D eigenvalue weighted by molar-refractivity contribution is -0.123. The Hall–Kier alpha value is -1.51. The molecule has 1 fully saturated rings. The third-order valence-electron chi connectivity index (χ3n) is 3.17. The maximum atomic E-state index is 11.6. The van der Waals surface area contributed by atoms with Crippen LogP contribution in [-0.4, -0.2) is 18.6 Å². The Kier molecular flexibility index (Phi) is 4.02. The summed E-state index contributed by atoms with van der Waals surface area (Å²) in [5, 5.41) is 3.02. The topological polar surface area (TPSA) is 38.3 Å². The van der Waals surface area contributed by atoms with E-state index in [4.69, 9.17) is 4.74 Å². The molecule has 0 radical (unpaired) electrons. The highest BCUT2D eigenvalue weighted by molar-refractivity contribution is 5.77. The van der Waals surface area contributed by atoms with Crippen molar-refractivity contribution in [3.63, 3.8) is 0 Å². The molecule has 1 N–H and O–H groups in total. The molecular weight excluding hydrogens is 214 g/mol. The van der Waals surface area contributed by atoms with Crippen LogP contribution < -0.4 is 10.1 Å². The molecule has 0 spiro atoms. The second kappa shape index (κ2) is 5.71. The normalized spacial score (nSPS) is 23.4. The number of ether oxygens (including phenoxy) is 1. The van der Waals surface area contributed by atoms with E-state index in [1.165, 1.54) is 6.42 Å². The fraction of sp³-hybridized carbons (Fsp3) is 0.500. The van der Waals surface area contributed by atoms with E-state index >= 15 is 0 Å². The molecule has 0 aliphatic heterocycles. The van der Waals surface area contributed by atoms with Crippen LogP contribution in [0.4, 0.5) is 0 Å². The molecule has 2 rings (SSSR count). The zero-order chi connectivity index (χ0) is 12.1. The molecule has 2 atom stereocenters. The van der Waals surface area contributed by atoms with Crippen LogP contribution in [0.1, 0.15) is 26.2 Å². The average Bonchev–Trinajstić information content (AvgIpc) is 2.73. The summed E-state index contributed by atoms with van der Waals surface area (Å²) in [4.78, 5) is 11.6. The first-order chi connectivity index (χ1) is 8.24. The summed E-state index contributed by atoms with van der Waals surface area (Å²) in [6.07, 6.45) is 3.40. The first-order valence-corrected chi connectivity index (χ1v) is 6.21. The highest BCUT2D eigenvalue weighted by atomic mass is 16.5. The van der Waals surface area contributed by atoms with Crippen LogP contribution in [0.25, 0.3) is 0 Å². The Bertz CT molecular complexity index is 364. The van der Waals surface area contributed by atoms with Crippen LogP contribution in [0, 0.1) is 5.92 Å².